The first kappa shape index (κ1) is 11.1. The van der Waals surface area contributed by atoms with E-state index in [0.29, 0.717) is 0 Å². The van der Waals surface area contributed by atoms with E-state index in [1.807, 2.05) is 30.3 Å². The molecule has 2 N–H and O–H groups in total. The van der Waals surface area contributed by atoms with Crippen molar-refractivity contribution < 1.29 is 4.42 Å². The van der Waals surface area contributed by atoms with E-state index in [1.54, 1.807) is 24.4 Å². The maximum atomic E-state index is 5.80. The molecule has 0 aliphatic heterocycles. The van der Waals surface area contributed by atoms with Crippen molar-refractivity contribution in [2.75, 3.05) is 5.73 Å². The summed E-state index contributed by atoms with van der Waals surface area (Å²) >= 11 is 1.62. The lowest BCUT2D eigenvalue weighted by molar-refractivity contribution is 0.530. The van der Waals surface area contributed by atoms with Gasteiger partial charge in [0.25, 0.3) is 0 Å². The zero-order valence-electron chi connectivity index (χ0n) is 9.54. The molecule has 0 amide bonds. The third kappa shape index (κ3) is 2.17. The van der Waals surface area contributed by atoms with Gasteiger partial charge in [0.1, 0.15) is 17.1 Å². The standard InChI is InChI=1S/C13H11N3OS/c14-9-3-4-12-11(6-9)13(16-8-15-12)18-7-10-2-1-5-17-10/h1-6,8H,7,14H2. The smallest absolute Gasteiger partial charge is 0.117 e. The topological polar surface area (TPSA) is 64.9 Å². The highest BCUT2D eigenvalue weighted by atomic mass is 32.2. The van der Waals surface area contributed by atoms with Crippen LogP contribution in [0.5, 0.6) is 0 Å². The predicted molar refractivity (Wildman–Crippen MR) is 72.2 cm³/mol. The van der Waals surface area contributed by atoms with Gasteiger partial charge in [0.2, 0.25) is 0 Å². The number of furan rings is 1. The van der Waals surface area contributed by atoms with Crippen molar-refractivity contribution in [1.29, 1.82) is 0 Å². The van der Waals surface area contributed by atoms with Gasteiger partial charge in [-0.05, 0) is 30.3 Å². The van der Waals surface area contributed by atoms with Crippen molar-refractivity contribution in [1.82, 2.24) is 9.97 Å². The van der Waals surface area contributed by atoms with Gasteiger partial charge >= 0.3 is 0 Å². The van der Waals surface area contributed by atoms with Gasteiger partial charge in [0.05, 0.1) is 17.5 Å². The summed E-state index contributed by atoms with van der Waals surface area (Å²) in [6.07, 6.45) is 3.24. The largest absolute Gasteiger partial charge is 0.468 e. The second-order valence-electron chi connectivity index (χ2n) is 3.82. The molecule has 0 spiro atoms. The van der Waals surface area contributed by atoms with E-state index in [9.17, 15) is 0 Å². The van der Waals surface area contributed by atoms with Gasteiger partial charge in [-0.15, -0.1) is 0 Å². The first-order valence-electron chi connectivity index (χ1n) is 5.48. The summed E-state index contributed by atoms with van der Waals surface area (Å²) in [5, 5.41) is 1.90. The summed E-state index contributed by atoms with van der Waals surface area (Å²) in [6.45, 7) is 0. The average Bonchev–Trinajstić information content (AvgIpc) is 2.89. The monoisotopic (exact) mass is 257 g/mol. The van der Waals surface area contributed by atoms with E-state index in [0.717, 1.165) is 33.1 Å². The number of hydrogen-bond donors (Lipinski definition) is 1. The van der Waals surface area contributed by atoms with Gasteiger partial charge in [-0.3, -0.25) is 0 Å². The Morgan fingerprint density at radius 3 is 3.00 bits per heavy atom. The summed E-state index contributed by atoms with van der Waals surface area (Å²) in [6, 6.07) is 9.48. The van der Waals surface area contributed by atoms with Crippen molar-refractivity contribution >= 4 is 28.4 Å². The van der Waals surface area contributed by atoms with E-state index < -0.39 is 0 Å². The quantitative estimate of drug-likeness (QED) is 0.443. The van der Waals surface area contributed by atoms with Crippen LogP contribution in [0.3, 0.4) is 0 Å². The summed E-state index contributed by atoms with van der Waals surface area (Å²) in [7, 11) is 0. The minimum atomic E-state index is 0.720. The predicted octanol–water partition coefficient (Wildman–Crippen LogP) is 3.10. The van der Waals surface area contributed by atoms with Crippen LogP contribution < -0.4 is 5.73 Å². The molecule has 18 heavy (non-hydrogen) atoms. The number of hydrogen-bond acceptors (Lipinski definition) is 5. The Bertz CT molecular complexity index is 667. The Labute approximate surface area is 108 Å². The highest BCUT2D eigenvalue weighted by molar-refractivity contribution is 7.98. The number of nitrogen functional groups attached to an aromatic ring is 1. The minimum Gasteiger partial charge on any atom is -0.468 e. The van der Waals surface area contributed by atoms with Crippen molar-refractivity contribution in [2.45, 2.75) is 10.8 Å². The summed E-state index contributed by atoms with van der Waals surface area (Å²) in [5.74, 6) is 1.67. The van der Waals surface area contributed by atoms with Crippen LogP contribution in [0.15, 0.2) is 52.4 Å². The molecule has 0 unspecified atom stereocenters. The second-order valence-corrected chi connectivity index (χ2v) is 4.79. The van der Waals surface area contributed by atoms with Gasteiger partial charge in [-0.25, -0.2) is 9.97 Å². The molecule has 0 saturated carbocycles. The molecule has 0 radical (unpaired) electrons. The molecule has 0 bridgehead atoms. The summed E-state index contributed by atoms with van der Waals surface area (Å²) in [4.78, 5) is 8.53. The lowest BCUT2D eigenvalue weighted by Crippen LogP contribution is -1.90. The Hall–Kier alpha value is -2.01. The highest BCUT2D eigenvalue weighted by Gasteiger charge is 2.06. The third-order valence-electron chi connectivity index (χ3n) is 2.55. The highest BCUT2D eigenvalue weighted by Crippen LogP contribution is 2.28. The lowest BCUT2D eigenvalue weighted by atomic mass is 10.2. The lowest BCUT2D eigenvalue weighted by Gasteiger charge is -2.04. The van der Waals surface area contributed by atoms with Crippen LogP contribution in [0.1, 0.15) is 5.76 Å². The molecule has 4 nitrogen and oxygen atoms in total. The number of rotatable bonds is 3. The van der Waals surface area contributed by atoms with E-state index >= 15 is 0 Å². The Morgan fingerprint density at radius 1 is 1.22 bits per heavy atom. The zero-order valence-corrected chi connectivity index (χ0v) is 10.4. The van der Waals surface area contributed by atoms with Crippen molar-refractivity contribution in [3.63, 3.8) is 0 Å². The van der Waals surface area contributed by atoms with E-state index in [1.165, 1.54) is 0 Å². The van der Waals surface area contributed by atoms with Crippen molar-refractivity contribution in [3.8, 4) is 0 Å². The Morgan fingerprint density at radius 2 is 2.17 bits per heavy atom. The average molecular weight is 257 g/mol. The van der Waals surface area contributed by atoms with Gasteiger partial charge in [0, 0.05) is 11.1 Å². The second kappa shape index (κ2) is 4.70. The van der Waals surface area contributed by atoms with Crippen LogP contribution in [0.25, 0.3) is 10.9 Å². The molecule has 5 heteroatoms. The van der Waals surface area contributed by atoms with Gasteiger partial charge in [-0.1, -0.05) is 11.8 Å². The minimum absolute atomic E-state index is 0.720. The number of nitrogens with zero attached hydrogens (tertiary/aromatic N) is 2. The van der Waals surface area contributed by atoms with E-state index in [-0.39, 0.29) is 0 Å². The normalized spacial score (nSPS) is 10.9. The number of benzene rings is 1. The molecule has 2 heterocycles. The molecule has 3 aromatic rings. The van der Waals surface area contributed by atoms with Gasteiger partial charge in [-0.2, -0.15) is 0 Å². The number of thioether (sulfide) groups is 1. The molecule has 0 aliphatic carbocycles. The van der Waals surface area contributed by atoms with E-state index in [2.05, 4.69) is 9.97 Å². The number of fused-ring (bicyclic) bond motifs is 1. The molecule has 0 fully saturated rings. The molecule has 0 saturated heterocycles. The van der Waals surface area contributed by atoms with Crippen molar-refractivity contribution in [2.24, 2.45) is 0 Å². The van der Waals surface area contributed by atoms with Crippen LogP contribution in [-0.4, -0.2) is 9.97 Å². The molecule has 90 valence electrons. The molecule has 0 aliphatic rings. The van der Waals surface area contributed by atoms with Crippen LogP contribution in [0, 0.1) is 0 Å². The Balaban J connectivity index is 1.93. The summed E-state index contributed by atoms with van der Waals surface area (Å²) < 4.78 is 5.30. The van der Waals surface area contributed by atoms with Gasteiger partial charge in [0.15, 0.2) is 0 Å². The number of anilines is 1. The third-order valence-corrected chi connectivity index (χ3v) is 3.58. The molecule has 2 aromatic heterocycles. The van der Waals surface area contributed by atoms with Gasteiger partial charge < -0.3 is 10.2 Å². The van der Waals surface area contributed by atoms with Crippen LogP contribution >= 0.6 is 11.8 Å². The maximum absolute atomic E-state index is 5.80. The Kier molecular flexibility index (Phi) is 2.90. The zero-order chi connectivity index (χ0) is 12.4. The first-order valence-corrected chi connectivity index (χ1v) is 6.47. The maximum Gasteiger partial charge on any atom is 0.117 e. The molecule has 0 atom stereocenters. The van der Waals surface area contributed by atoms with Crippen LogP contribution in [0.2, 0.25) is 0 Å². The number of aromatic nitrogens is 2. The molecular weight excluding hydrogens is 246 g/mol. The molecule has 3 rings (SSSR count). The van der Waals surface area contributed by atoms with Crippen LogP contribution in [-0.2, 0) is 5.75 Å². The van der Waals surface area contributed by atoms with E-state index in [4.69, 9.17) is 10.2 Å². The summed E-state index contributed by atoms with van der Waals surface area (Å²) in [5.41, 5.74) is 7.42. The first-order chi connectivity index (χ1) is 8.83. The molecule has 1 aromatic carbocycles. The van der Waals surface area contributed by atoms with Crippen LogP contribution in [0.4, 0.5) is 5.69 Å². The number of nitrogens with two attached hydrogens (primary N) is 1. The van der Waals surface area contributed by atoms with Crippen molar-refractivity contribution in [3.05, 3.63) is 48.7 Å². The fourth-order valence-electron chi connectivity index (χ4n) is 1.70. The fraction of sp³-hybridized carbons (Fsp3) is 0.0769. The fourth-order valence-corrected chi connectivity index (χ4v) is 2.58. The SMILES string of the molecule is Nc1ccc2ncnc(SCc3ccco3)c2c1. The molecular formula is C13H11N3OS.